The molecule has 0 saturated carbocycles. The smallest absolute Gasteiger partial charge is 0.379 e. The van der Waals surface area contributed by atoms with E-state index in [9.17, 15) is 27.6 Å². The molecule has 0 amide bonds. The Bertz CT molecular complexity index is 1040. The van der Waals surface area contributed by atoms with Crippen LogP contribution in [0.25, 0.3) is 10.9 Å². The number of ether oxygens (including phenoxy) is 1. The highest BCUT2D eigenvalue weighted by Gasteiger charge is 2.30. The number of sulfonamides is 1. The second-order valence-corrected chi connectivity index (χ2v) is 9.09. The van der Waals surface area contributed by atoms with Crippen LogP contribution in [0.4, 0.5) is 0 Å². The van der Waals surface area contributed by atoms with Crippen molar-refractivity contribution < 1.29 is 27.5 Å². The van der Waals surface area contributed by atoms with E-state index in [0.717, 1.165) is 12.1 Å². The van der Waals surface area contributed by atoms with Crippen molar-refractivity contribution in [2.45, 2.75) is 4.90 Å². The summed E-state index contributed by atoms with van der Waals surface area (Å²) in [4.78, 5) is 30.4. The molecule has 1 aliphatic rings. The van der Waals surface area contributed by atoms with Crippen LogP contribution in [-0.4, -0.2) is 53.2 Å². The van der Waals surface area contributed by atoms with Gasteiger partial charge in [0.15, 0.2) is 0 Å². The zero-order valence-electron chi connectivity index (χ0n) is 12.7. The largest absolute Gasteiger partial charge is 0.437 e. The fraction of sp³-hybridized carbons (Fsp3) is 0.308. The van der Waals surface area contributed by atoms with Gasteiger partial charge in [0.25, 0.3) is 5.56 Å². The van der Waals surface area contributed by atoms with E-state index in [0.29, 0.717) is 4.34 Å². The second kappa shape index (κ2) is 6.48. The van der Waals surface area contributed by atoms with Gasteiger partial charge in [0.1, 0.15) is 4.90 Å². The molecule has 1 saturated heterocycles. The lowest BCUT2D eigenvalue weighted by Gasteiger charge is -2.26. The maximum absolute atomic E-state index is 12.8. The summed E-state index contributed by atoms with van der Waals surface area (Å²) < 4.78 is 43.8. The Morgan fingerprint density at radius 3 is 2.40 bits per heavy atom. The van der Waals surface area contributed by atoms with Gasteiger partial charge in [0.2, 0.25) is 10.0 Å². The molecule has 2 N–H and O–H groups in total. The average Bonchev–Trinajstić information content (AvgIpc) is 2.53. The van der Waals surface area contributed by atoms with Gasteiger partial charge in [-0.05, 0) is 18.2 Å². The number of fused-ring (bicyclic) bond motifs is 1. The quantitative estimate of drug-likeness (QED) is 0.713. The molecule has 25 heavy (non-hydrogen) atoms. The molecule has 0 aliphatic carbocycles. The van der Waals surface area contributed by atoms with Crippen molar-refractivity contribution in [2.75, 3.05) is 26.3 Å². The number of halogens is 1. The SMILES string of the molecule is O=c1ccc2cc(S(=O)(=O)N3CCOCC3)c(Cl)cc2n1P(=O)(O)O. The summed E-state index contributed by atoms with van der Waals surface area (Å²) in [5.74, 6) is 0. The highest BCUT2D eigenvalue weighted by atomic mass is 35.5. The Morgan fingerprint density at radius 2 is 1.80 bits per heavy atom. The Hall–Kier alpha value is -1.26. The standard InChI is InChI=1S/C13H14ClN2O7PS/c14-10-8-11-9(1-2-13(17)16(11)24(18,19)20)7-12(10)25(21,22)15-3-5-23-6-4-15/h1-2,7-8H,3-6H2,(H2,18,19,20). The molecular weight excluding hydrogens is 395 g/mol. The first-order valence-corrected chi connectivity index (χ1v) is 10.5. The van der Waals surface area contributed by atoms with Crippen LogP contribution in [0.2, 0.25) is 5.02 Å². The molecule has 0 unspecified atom stereocenters. The number of hydrogen-bond acceptors (Lipinski definition) is 5. The maximum atomic E-state index is 12.8. The number of hydrogen-bond donors (Lipinski definition) is 2. The minimum Gasteiger partial charge on any atom is -0.379 e. The summed E-state index contributed by atoms with van der Waals surface area (Å²) >= 11 is 6.08. The van der Waals surface area contributed by atoms with Gasteiger partial charge >= 0.3 is 7.75 Å². The van der Waals surface area contributed by atoms with E-state index < -0.39 is 23.3 Å². The lowest BCUT2D eigenvalue weighted by molar-refractivity contribution is 0.0730. The molecule has 12 heteroatoms. The predicted octanol–water partition coefficient (Wildman–Crippen LogP) is 0.617. The third-order valence-corrected chi connectivity index (χ3v) is 7.07. The molecule has 1 aromatic carbocycles. The number of nitrogens with zero attached hydrogens (tertiary/aromatic N) is 2. The monoisotopic (exact) mass is 408 g/mol. The van der Waals surface area contributed by atoms with E-state index in [1.807, 2.05) is 0 Å². The van der Waals surface area contributed by atoms with E-state index in [4.69, 9.17) is 16.3 Å². The van der Waals surface area contributed by atoms with Crippen LogP contribution >= 0.6 is 19.3 Å². The van der Waals surface area contributed by atoms with Crippen LogP contribution in [0.3, 0.4) is 0 Å². The van der Waals surface area contributed by atoms with E-state index >= 15 is 0 Å². The number of benzene rings is 1. The first-order valence-electron chi connectivity index (χ1n) is 7.12. The highest BCUT2D eigenvalue weighted by Crippen LogP contribution is 2.39. The van der Waals surface area contributed by atoms with Gasteiger partial charge in [-0.2, -0.15) is 4.31 Å². The van der Waals surface area contributed by atoms with E-state index in [1.165, 1.54) is 16.4 Å². The zero-order valence-corrected chi connectivity index (χ0v) is 15.2. The van der Waals surface area contributed by atoms with Crippen LogP contribution in [0.15, 0.2) is 34.0 Å². The normalized spacial score (nSPS) is 17.1. The molecule has 1 aromatic heterocycles. The van der Waals surface area contributed by atoms with Crippen molar-refractivity contribution in [1.82, 2.24) is 8.64 Å². The van der Waals surface area contributed by atoms with Crippen LogP contribution < -0.4 is 5.56 Å². The summed E-state index contributed by atoms with van der Waals surface area (Å²) in [6, 6.07) is 4.53. The summed E-state index contributed by atoms with van der Waals surface area (Å²) in [6.45, 7) is 0.891. The van der Waals surface area contributed by atoms with Gasteiger partial charge in [-0.1, -0.05) is 11.6 Å². The fourth-order valence-corrected chi connectivity index (χ4v) is 5.34. The van der Waals surface area contributed by atoms with Gasteiger partial charge in [0, 0.05) is 24.5 Å². The fourth-order valence-electron chi connectivity index (χ4n) is 2.62. The Balaban J connectivity index is 2.23. The summed E-state index contributed by atoms with van der Waals surface area (Å²) in [7, 11) is -8.84. The van der Waals surface area contributed by atoms with Crippen molar-refractivity contribution in [3.8, 4) is 0 Å². The molecule has 1 aliphatic heterocycles. The number of morpholine rings is 1. The summed E-state index contributed by atoms with van der Waals surface area (Å²) in [5.41, 5.74) is -1.06. The molecule has 2 heterocycles. The zero-order chi connectivity index (χ0) is 18.4. The van der Waals surface area contributed by atoms with E-state index in [-0.39, 0.29) is 47.1 Å². The molecular formula is C13H14ClN2O7PS. The number of aromatic nitrogens is 1. The van der Waals surface area contributed by atoms with Gasteiger partial charge in [-0.3, -0.25) is 4.79 Å². The first-order chi connectivity index (χ1) is 11.6. The molecule has 0 bridgehead atoms. The van der Waals surface area contributed by atoms with Crippen LogP contribution in [-0.2, 0) is 19.3 Å². The second-order valence-electron chi connectivity index (χ2n) is 5.35. The molecule has 136 valence electrons. The minimum absolute atomic E-state index is 0.147. The van der Waals surface area contributed by atoms with Crippen molar-refractivity contribution in [3.63, 3.8) is 0 Å². The summed E-state index contributed by atoms with van der Waals surface area (Å²) in [6.07, 6.45) is 0. The first kappa shape index (κ1) is 18.5. The van der Waals surface area contributed by atoms with Crippen LogP contribution in [0.1, 0.15) is 0 Å². The average molecular weight is 409 g/mol. The molecule has 1 fully saturated rings. The molecule has 0 atom stereocenters. The number of rotatable bonds is 3. The lowest BCUT2D eigenvalue weighted by atomic mass is 10.2. The van der Waals surface area contributed by atoms with Gasteiger partial charge in [0.05, 0.1) is 23.8 Å². The molecule has 9 nitrogen and oxygen atoms in total. The molecule has 0 radical (unpaired) electrons. The van der Waals surface area contributed by atoms with Gasteiger partial charge < -0.3 is 14.5 Å². The lowest BCUT2D eigenvalue weighted by Crippen LogP contribution is -2.40. The van der Waals surface area contributed by atoms with Crippen molar-refractivity contribution in [3.05, 3.63) is 39.6 Å². The Labute approximate surface area is 147 Å². The van der Waals surface area contributed by atoms with E-state index in [2.05, 4.69) is 0 Å². The Morgan fingerprint density at radius 1 is 1.16 bits per heavy atom. The van der Waals surface area contributed by atoms with Gasteiger partial charge in [-0.15, -0.1) is 0 Å². The minimum atomic E-state index is -4.93. The third kappa shape index (κ3) is 3.39. The highest BCUT2D eigenvalue weighted by molar-refractivity contribution is 7.89. The number of pyridine rings is 1. The maximum Gasteiger partial charge on any atom is 0.437 e. The predicted molar refractivity (Wildman–Crippen MR) is 90.2 cm³/mol. The summed E-state index contributed by atoms with van der Waals surface area (Å²) in [5, 5.41) is -0.0639. The third-order valence-electron chi connectivity index (χ3n) is 3.77. The Kier molecular flexibility index (Phi) is 4.80. The van der Waals surface area contributed by atoms with Crippen LogP contribution in [0.5, 0.6) is 0 Å². The van der Waals surface area contributed by atoms with E-state index in [1.54, 1.807) is 0 Å². The molecule has 0 spiro atoms. The molecule has 2 aromatic rings. The topological polar surface area (TPSA) is 126 Å². The van der Waals surface area contributed by atoms with Crippen molar-refractivity contribution in [1.29, 1.82) is 0 Å². The molecule has 3 rings (SSSR count). The van der Waals surface area contributed by atoms with Crippen LogP contribution in [0, 0.1) is 0 Å². The van der Waals surface area contributed by atoms with Gasteiger partial charge in [-0.25, -0.2) is 17.3 Å². The van der Waals surface area contributed by atoms with Crippen molar-refractivity contribution in [2.24, 2.45) is 0 Å². The van der Waals surface area contributed by atoms with Crippen molar-refractivity contribution >= 4 is 40.3 Å².